The lowest BCUT2D eigenvalue weighted by Gasteiger charge is -2.12. The van der Waals surface area contributed by atoms with Crippen molar-refractivity contribution in [3.8, 4) is 0 Å². The molecular formula is C11H14ClN3O3. The summed E-state index contributed by atoms with van der Waals surface area (Å²) in [6.45, 7) is -0.133. The van der Waals surface area contributed by atoms with Crippen LogP contribution < -0.4 is 16.6 Å². The smallest absolute Gasteiger partial charge is 0.328 e. The van der Waals surface area contributed by atoms with Gasteiger partial charge in [0, 0.05) is 12.2 Å². The van der Waals surface area contributed by atoms with Gasteiger partial charge in [0.15, 0.2) is 0 Å². The molecule has 1 aliphatic carbocycles. The summed E-state index contributed by atoms with van der Waals surface area (Å²) in [6.07, 6.45) is 5.38. The van der Waals surface area contributed by atoms with Crippen molar-refractivity contribution >= 4 is 17.5 Å². The molecule has 1 heterocycles. The number of carbonyl (C=O) groups excluding carboxylic acids is 1. The number of H-pyrrole nitrogens is 1. The van der Waals surface area contributed by atoms with Gasteiger partial charge in [-0.3, -0.25) is 19.1 Å². The molecule has 0 spiro atoms. The van der Waals surface area contributed by atoms with E-state index in [-0.39, 0.29) is 23.5 Å². The summed E-state index contributed by atoms with van der Waals surface area (Å²) in [5.41, 5.74) is -1.28. The molecular weight excluding hydrogens is 258 g/mol. The van der Waals surface area contributed by atoms with Crippen LogP contribution >= 0.6 is 11.6 Å². The first kappa shape index (κ1) is 12.9. The van der Waals surface area contributed by atoms with Crippen LogP contribution in [-0.2, 0) is 11.3 Å². The van der Waals surface area contributed by atoms with Crippen molar-refractivity contribution in [2.75, 3.05) is 0 Å². The molecule has 1 aromatic heterocycles. The van der Waals surface area contributed by atoms with Crippen LogP contribution in [0.2, 0.25) is 5.02 Å². The van der Waals surface area contributed by atoms with Crippen LogP contribution in [0.1, 0.15) is 25.7 Å². The molecule has 1 aliphatic rings. The minimum atomic E-state index is -0.644. The van der Waals surface area contributed by atoms with Crippen LogP contribution in [0.3, 0.4) is 0 Å². The highest BCUT2D eigenvalue weighted by Crippen LogP contribution is 2.17. The van der Waals surface area contributed by atoms with Crippen LogP contribution in [0.25, 0.3) is 0 Å². The second-order valence-corrected chi connectivity index (χ2v) is 4.82. The number of aromatic nitrogens is 2. The number of hydrogen-bond donors (Lipinski definition) is 2. The van der Waals surface area contributed by atoms with Crippen molar-refractivity contribution in [1.29, 1.82) is 0 Å². The van der Waals surface area contributed by atoms with Crippen LogP contribution in [0.5, 0.6) is 0 Å². The highest BCUT2D eigenvalue weighted by atomic mass is 35.5. The standard InChI is InChI=1S/C11H14ClN3O3/c12-8-5-15(11(18)14-10(8)17)6-9(16)13-7-3-1-2-4-7/h5,7H,1-4,6H2,(H,13,16)(H,14,17,18). The van der Waals surface area contributed by atoms with E-state index in [4.69, 9.17) is 11.6 Å². The Kier molecular flexibility index (Phi) is 3.86. The van der Waals surface area contributed by atoms with Crippen molar-refractivity contribution in [3.63, 3.8) is 0 Å². The molecule has 0 saturated heterocycles. The van der Waals surface area contributed by atoms with Gasteiger partial charge in [-0.15, -0.1) is 0 Å². The highest BCUT2D eigenvalue weighted by molar-refractivity contribution is 6.30. The van der Waals surface area contributed by atoms with Gasteiger partial charge in [-0.25, -0.2) is 4.79 Å². The number of amides is 1. The minimum absolute atomic E-state index is 0.108. The zero-order valence-electron chi connectivity index (χ0n) is 9.74. The Hall–Kier alpha value is -1.56. The van der Waals surface area contributed by atoms with Gasteiger partial charge in [-0.1, -0.05) is 24.4 Å². The third-order valence-corrected chi connectivity index (χ3v) is 3.27. The molecule has 6 nitrogen and oxygen atoms in total. The minimum Gasteiger partial charge on any atom is -0.352 e. The third kappa shape index (κ3) is 3.01. The molecule has 1 aromatic rings. The first-order valence-electron chi connectivity index (χ1n) is 5.85. The van der Waals surface area contributed by atoms with Crippen LogP contribution in [0.4, 0.5) is 0 Å². The van der Waals surface area contributed by atoms with Gasteiger partial charge >= 0.3 is 5.69 Å². The fourth-order valence-electron chi connectivity index (χ4n) is 2.10. The van der Waals surface area contributed by atoms with E-state index in [0.717, 1.165) is 30.3 Å². The quantitative estimate of drug-likeness (QED) is 0.826. The Morgan fingerprint density at radius 2 is 2.11 bits per heavy atom. The summed E-state index contributed by atoms with van der Waals surface area (Å²) in [5.74, 6) is -0.243. The maximum atomic E-state index is 11.7. The highest BCUT2D eigenvalue weighted by Gasteiger charge is 2.17. The summed E-state index contributed by atoms with van der Waals surface area (Å²) in [7, 11) is 0. The molecule has 0 aliphatic heterocycles. The van der Waals surface area contributed by atoms with E-state index in [0.29, 0.717) is 0 Å². The maximum absolute atomic E-state index is 11.7. The molecule has 1 fully saturated rings. The molecule has 7 heteroatoms. The molecule has 0 unspecified atom stereocenters. The molecule has 0 atom stereocenters. The largest absolute Gasteiger partial charge is 0.352 e. The second kappa shape index (κ2) is 5.39. The first-order chi connectivity index (χ1) is 8.56. The molecule has 0 bridgehead atoms. The molecule has 18 heavy (non-hydrogen) atoms. The Morgan fingerprint density at radius 1 is 1.44 bits per heavy atom. The lowest BCUT2D eigenvalue weighted by Crippen LogP contribution is -2.39. The Morgan fingerprint density at radius 3 is 2.78 bits per heavy atom. The Bertz CT molecular complexity index is 557. The lowest BCUT2D eigenvalue weighted by molar-refractivity contribution is -0.122. The predicted octanol–water partition coefficient (Wildman–Crippen LogP) is 0.249. The number of nitrogens with one attached hydrogen (secondary N) is 2. The fraction of sp³-hybridized carbons (Fsp3) is 0.545. The molecule has 98 valence electrons. The molecule has 2 N–H and O–H groups in total. The van der Waals surface area contributed by atoms with Crippen molar-refractivity contribution in [1.82, 2.24) is 14.9 Å². The predicted molar refractivity (Wildman–Crippen MR) is 66.7 cm³/mol. The van der Waals surface area contributed by atoms with Gasteiger partial charge in [0.1, 0.15) is 11.6 Å². The normalized spacial score (nSPS) is 15.8. The Balaban J connectivity index is 2.04. The monoisotopic (exact) mass is 271 g/mol. The SMILES string of the molecule is O=C(Cn1cc(Cl)c(=O)[nH]c1=O)NC1CCCC1. The zero-order valence-corrected chi connectivity index (χ0v) is 10.5. The number of carbonyl (C=O) groups is 1. The van der Waals surface area contributed by atoms with Gasteiger partial charge < -0.3 is 5.32 Å². The second-order valence-electron chi connectivity index (χ2n) is 4.41. The van der Waals surface area contributed by atoms with E-state index in [9.17, 15) is 14.4 Å². The third-order valence-electron chi connectivity index (χ3n) is 3.00. The summed E-state index contributed by atoms with van der Waals surface area (Å²) >= 11 is 5.60. The van der Waals surface area contributed by atoms with Gasteiger partial charge in [0.25, 0.3) is 5.56 Å². The van der Waals surface area contributed by atoms with E-state index in [1.54, 1.807) is 0 Å². The molecule has 2 rings (SSSR count). The van der Waals surface area contributed by atoms with Crippen LogP contribution in [0, 0.1) is 0 Å². The average Bonchev–Trinajstić information content (AvgIpc) is 2.78. The molecule has 0 radical (unpaired) electrons. The number of nitrogens with zero attached hydrogens (tertiary/aromatic N) is 1. The van der Waals surface area contributed by atoms with Crippen molar-refractivity contribution < 1.29 is 4.79 Å². The number of aromatic amines is 1. The van der Waals surface area contributed by atoms with Crippen LogP contribution in [0.15, 0.2) is 15.8 Å². The van der Waals surface area contributed by atoms with Crippen LogP contribution in [-0.4, -0.2) is 21.5 Å². The summed E-state index contributed by atoms with van der Waals surface area (Å²) in [4.78, 5) is 36.2. The maximum Gasteiger partial charge on any atom is 0.328 e. The molecule has 1 saturated carbocycles. The van der Waals surface area contributed by atoms with Gasteiger partial charge in [-0.2, -0.15) is 0 Å². The van der Waals surface area contributed by atoms with Crippen molar-refractivity contribution in [2.45, 2.75) is 38.3 Å². The lowest BCUT2D eigenvalue weighted by atomic mass is 10.2. The van der Waals surface area contributed by atoms with E-state index in [1.807, 2.05) is 4.98 Å². The number of hydrogen-bond acceptors (Lipinski definition) is 3. The van der Waals surface area contributed by atoms with E-state index in [2.05, 4.69) is 5.32 Å². The molecule has 1 amide bonds. The van der Waals surface area contributed by atoms with E-state index in [1.165, 1.54) is 6.20 Å². The van der Waals surface area contributed by atoms with Gasteiger partial charge in [0.05, 0.1) is 0 Å². The van der Waals surface area contributed by atoms with E-state index >= 15 is 0 Å². The fourth-order valence-corrected chi connectivity index (χ4v) is 2.26. The van der Waals surface area contributed by atoms with E-state index < -0.39 is 11.2 Å². The first-order valence-corrected chi connectivity index (χ1v) is 6.22. The van der Waals surface area contributed by atoms with Crippen molar-refractivity contribution in [2.24, 2.45) is 0 Å². The van der Waals surface area contributed by atoms with Crippen molar-refractivity contribution in [3.05, 3.63) is 32.1 Å². The summed E-state index contributed by atoms with van der Waals surface area (Å²) < 4.78 is 1.09. The number of rotatable bonds is 3. The number of halogens is 1. The average molecular weight is 272 g/mol. The summed E-state index contributed by atoms with van der Waals surface area (Å²) in [5, 5.41) is 2.75. The molecule has 0 aromatic carbocycles. The summed E-state index contributed by atoms with van der Waals surface area (Å²) in [6, 6.07) is 0.200. The topological polar surface area (TPSA) is 84.0 Å². The van der Waals surface area contributed by atoms with Gasteiger partial charge in [-0.05, 0) is 12.8 Å². The Labute approximate surface area is 108 Å². The van der Waals surface area contributed by atoms with Gasteiger partial charge in [0.2, 0.25) is 5.91 Å². The zero-order chi connectivity index (χ0) is 13.1.